The number of benzene rings is 1. The van der Waals surface area contributed by atoms with E-state index in [9.17, 15) is 9.59 Å². The van der Waals surface area contributed by atoms with Crippen LogP contribution in [0.1, 0.15) is 48.5 Å². The standard InChI is InChI=1S/C21H29N3O3/c1-15-16(2)27-20-17(15)6-5-7-18(20)21(26)24-12-10-22(11-13-24)14-19(25)23-8-3-4-9-23/h5-7,15-16H,3-4,8-14H2,1-2H3/t15-,16+/m0/s1. The minimum Gasteiger partial charge on any atom is -0.489 e. The summed E-state index contributed by atoms with van der Waals surface area (Å²) in [7, 11) is 0. The molecule has 0 spiro atoms. The van der Waals surface area contributed by atoms with Crippen molar-refractivity contribution >= 4 is 11.8 Å². The molecule has 2 saturated heterocycles. The molecule has 27 heavy (non-hydrogen) atoms. The third-order valence-electron chi connectivity index (χ3n) is 6.25. The van der Waals surface area contributed by atoms with E-state index in [0.717, 1.165) is 50.3 Å². The van der Waals surface area contributed by atoms with Crippen LogP contribution in [0.15, 0.2) is 18.2 Å². The lowest BCUT2D eigenvalue weighted by Gasteiger charge is -2.35. The molecule has 3 heterocycles. The van der Waals surface area contributed by atoms with E-state index in [1.807, 2.05) is 21.9 Å². The SMILES string of the molecule is C[C@@H]1c2cccc(C(=O)N3CCN(CC(=O)N4CCCC4)CC3)c2O[C@@H]1C. The summed E-state index contributed by atoms with van der Waals surface area (Å²) < 4.78 is 5.98. The second-order valence-electron chi connectivity index (χ2n) is 7.99. The number of rotatable bonds is 3. The van der Waals surface area contributed by atoms with Crippen LogP contribution in [0.4, 0.5) is 0 Å². The van der Waals surface area contributed by atoms with Crippen LogP contribution in [0.3, 0.4) is 0 Å². The summed E-state index contributed by atoms with van der Waals surface area (Å²) in [4.78, 5) is 31.4. The minimum atomic E-state index is 0.0404. The van der Waals surface area contributed by atoms with E-state index >= 15 is 0 Å². The molecule has 3 aliphatic heterocycles. The number of carbonyl (C=O) groups is 2. The van der Waals surface area contributed by atoms with Gasteiger partial charge in [-0.25, -0.2) is 0 Å². The molecule has 0 radical (unpaired) electrons. The summed E-state index contributed by atoms with van der Waals surface area (Å²) in [5.41, 5.74) is 1.80. The highest BCUT2D eigenvalue weighted by molar-refractivity contribution is 5.97. The molecule has 2 atom stereocenters. The number of piperazine rings is 1. The zero-order chi connectivity index (χ0) is 19.0. The highest BCUT2D eigenvalue weighted by Crippen LogP contribution is 2.40. The summed E-state index contributed by atoms with van der Waals surface area (Å²) in [5.74, 6) is 1.33. The molecule has 2 amide bonds. The fourth-order valence-electron chi connectivity index (χ4n) is 4.29. The van der Waals surface area contributed by atoms with Gasteiger partial charge < -0.3 is 14.5 Å². The zero-order valence-electron chi connectivity index (χ0n) is 16.3. The van der Waals surface area contributed by atoms with Crippen LogP contribution in [0, 0.1) is 0 Å². The fourth-order valence-corrected chi connectivity index (χ4v) is 4.29. The van der Waals surface area contributed by atoms with Gasteiger partial charge in [-0.1, -0.05) is 19.1 Å². The van der Waals surface area contributed by atoms with Gasteiger partial charge in [0, 0.05) is 50.7 Å². The van der Waals surface area contributed by atoms with Gasteiger partial charge in [-0.15, -0.1) is 0 Å². The Bertz CT molecular complexity index is 721. The molecule has 0 N–H and O–H groups in total. The second kappa shape index (κ2) is 7.50. The largest absolute Gasteiger partial charge is 0.489 e. The molecule has 0 unspecified atom stereocenters. The maximum absolute atomic E-state index is 13.1. The van der Waals surface area contributed by atoms with Gasteiger partial charge in [-0.05, 0) is 25.8 Å². The molecule has 6 nitrogen and oxygen atoms in total. The highest BCUT2D eigenvalue weighted by Gasteiger charge is 2.33. The van der Waals surface area contributed by atoms with Gasteiger partial charge in [0.1, 0.15) is 11.9 Å². The van der Waals surface area contributed by atoms with Crippen LogP contribution in [-0.2, 0) is 4.79 Å². The summed E-state index contributed by atoms with van der Waals surface area (Å²) in [6.45, 7) is 9.25. The second-order valence-corrected chi connectivity index (χ2v) is 7.99. The third-order valence-corrected chi connectivity index (χ3v) is 6.25. The zero-order valence-corrected chi connectivity index (χ0v) is 16.3. The van der Waals surface area contributed by atoms with Crippen molar-refractivity contribution in [2.24, 2.45) is 0 Å². The highest BCUT2D eigenvalue weighted by atomic mass is 16.5. The van der Waals surface area contributed by atoms with Gasteiger partial charge in [0.15, 0.2) is 0 Å². The summed E-state index contributed by atoms with van der Waals surface area (Å²) in [5, 5.41) is 0. The van der Waals surface area contributed by atoms with E-state index in [0.29, 0.717) is 31.1 Å². The molecule has 2 fully saturated rings. The average Bonchev–Trinajstić information content (AvgIpc) is 3.31. The van der Waals surface area contributed by atoms with E-state index in [-0.39, 0.29) is 17.9 Å². The Kier molecular flexibility index (Phi) is 5.08. The third kappa shape index (κ3) is 3.55. The van der Waals surface area contributed by atoms with Crippen molar-refractivity contribution in [3.8, 4) is 5.75 Å². The van der Waals surface area contributed by atoms with Crippen LogP contribution >= 0.6 is 0 Å². The lowest BCUT2D eigenvalue weighted by Crippen LogP contribution is -2.51. The predicted molar refractivity (Wildman–Crippen MR) is 103 cm³/mol. The number of fused-ring (bicyclic) bond motifs is 1. The number of likely N-dealkylation sites (tertiary alicyclic amines) is 1. The Morgan fingerprint density at radius 3 is 2.41 bits per heavy atom. The quantitative estimate of drug-likeness (QED) is 0.815. The lowest BCUT2D eigenvalue weighted by atomic mass is 9.96. The molecule has 1 aromatic rings. The van der Waals surface area contributed by atoms with Crippen molar-refractivity contribution in [3.05, 3.63) is 29.3 Å². The van der Waals surface area contributed by atoms with Gasteiger partial charge in [0.05, 0.1) is 12.1 Å². The summed E-state index contributed by atoms with van der Waals surface area (Å²) >= 11 is 0. The molecular formula is C21H29N3O3. The van der Waals surface area contributed by atoms with E-state index in [2.05, 4.69) is 24.8 Å². The summed E-state index contributed by atoms with van der Waals surface area (Å²) in [6, 6.07) is 5.88. The Balaban J connectivity index is 1.36. The first kappa shape index (κ1) is 18.3. The molecular weight excluding hydrogens is 342 g/mol. The molecule has 6 heteroatoms. The van der Waals surface area contributed by atoms with Crippen LogP contribution in [-0.4, -0.2) is 78.4 Å². The van der Waals surface area contributed by atoms with E-state index in [1.54, 1.807) is 0 Å². The Labute approximate surface area is 161 Å². The van der Waals surface area contributed by atoms with E-state index in [4.69, 9.17) is 4.74 Å². The minimum absolute atomic E-state index is 0.0404. The van der Waals surface area contributed by atoms with E-state index in [1.165, 1.54) is 0 Å². The van der Waals surface area contributed by atoms with E-state index < -0.39 is 0 Å². The van der Waals surface area contributed by atoms with Gasteiger partial charge in [-0.3, -0.25) is 14.5 Å². The first-order valence-electron chi connectivity index (χ1n) is 10.1. The lowest BCUT2D eigenvalue weighted by molar-refractivity contribution is -0.131. The van der Waals surface area contributed by atoms with Crippen molar-refractivity contribution in [1.82, 2.24) is 14.7 Å². The van der Waals surface area contributed by atoms with Gasteiger partial charge in [0.25, 0.3) is 5.91 Å². The first-order valence-corrected chi connectivity index (χ1v) is 10.1. The molecule has 0 bridgehead atoms. The molecule has 146 valence electrons. The summed E-state index contributed by atoms with van der Waals surface area (Å²) in [6.07, 6.45) is 2.34. The molecule has 1 aromatic carbocycles. The molecule has 3 aliphatic rings. The normalized spacial score (nSPS) is 25.4. The first-order chi connectivity index (χ1) is 13.0. The van der Waals surface area contributed by atoms with Crippen molar-refractivity contribution in [2.45, 2.75) is 38.7 Å². The van der Waals surface area contributed by atoms with Gasteiger partial charge in [-0.2, -0.15) is 0 Å². The number of hydrogen-bond acceptors (Lipinski definition) is 4. The Hall–Kier alpha value is -2.08. The molecule has 4 rings (SSSR count). The van der Waals surface area contributed by atoms with Gasteiger partial charge >= 0.3 is 0 Å². The fraction of sp³-hybridized carbons (Fsp3) is 0.619. The van der Waals surface area contributed by atoms with Crippen molar-refractivity contribution in [1.29, 1.82) is 0 Å². The molecule has 0 aliphatic carbocycles. The molecule has 0 aromatic heterocycles. The maximum Gasteiger partial charge on any atom is 0.257 e. The monoisotopic (exact) mass is 371 g/mol. The van der Waals surface area contributed by atoms with Crippen LogP contribution in [0.2, 0.25) is 0 Å². The topological polar surface area (TPSA) is 53.1 Å². The average molecular weight is 371 g/mol. The number of amides is 2. The Morgan fingerprint density at radius 1 is 1.00 bits per heavy atom. The number of ether oxygens (including phenoxy) is 1. The number of hydrogen-bond donors (Lipinski definition) is 0. The van der Waals surface area contributed by atoms with Crippen LogP contribution in [0.25, 0.3) is 0 Å². The smallest absolute Gasteiger partial charge is 0.257 e. The number of nitrogens with zero attached hydrogens (tertiary/aromatic N) is 3. The predicted octanol–water partition coefficient (Wildman–Crippen LogP) is 1.95. The van der Waals surface area contributed by atoms with Crippen LogP contribution in [0.5, 0.6) is 5.75 Å². The van der Waals surface area contributed by atoms with Crippen LogP contribution < -0.4 is 4.74 Å². The maximum atomic E-state index is 13.1. The van der Waals surface area contributed by atoms with Gasteiger partial charge in [0.2, 0.25) is 5.91 Å². The number of carbonyl (C=O) groups excluding carboxylic acids is 2. The Morgan fingerprint density at radius 2 is 1.70 bits per heavy atom. The van der Waals surface area contributed by atoms with Crippen molar-refractivity contribution in [3.63, 3.8) is 0 Å². The molecule has 0 saturated carbocycles. The van der Waals surface area contributed by atoms with Crippen molar-refractivity contribution in [2.75, 3.05) is 45.8 Å². The van der Waals surface area contributed by atoms with Crippen molar-refractivity contribution < 1.29 is 14.3 Å². The number of para-hydroxylation sites is 1.